The van der Waals surface area contributed by atoms with Gasteiger partial charge >= 0.3 is 0 Å². The van der Waals surface area contributed by atoms with E-state index >= 15 is 0 Å². The van der Waals surface area contributed by atoms with Crippen molar-refractivity contribution in [1.82, 2.24) is 4.72 Å². The predicted molar refractivity (Wildman–Crippen MR) is 75.6 cm³/mol. The summed E-state index contributed by atoms with van der Waals surface area (Å²) in [5.74, 6) is -0.567. The highest BCUT2D eigenvalue weighted by molar-refractivity contribution is 7.98. The van der Waals surface area contributed by atoms with Crippen molar-refractivity contribution in [2.75, 3.05) is 18.6 Å². The smallest absolute Gasteiger partial charge is 0.243 e. The number of halogens is 2. The molecule has 0 bridgehead atoms. The molecule has 0 fully saturated rings. The zero-order valence-corrected chi connectivity index (χ0v) is 12.9. The van der Waals surface area contributed by atoms with E-state index in [9.17, 15) is 17.9 Å². The van der Waals surface area contributed by atoms with E-state index in [1.807, 2.05) is 0 Å². The summed E-state index contributed by atoms with van der Waals surface area (Å²) >= 11 is 6.94. The third kappa shape index (κ3) is 4.92. The fourth-order valence-electron chi connectivity index (χ4n) is 1.38. The van der Waals surface area contributed by atoms with Crippen molar-refractivity contribution in [2.45, 2.75) is 17.4 Å². The molecule has 0 aliphatic carbocycles. The van der Waals surface area contributed by atoms with Gasteiger partial charge in [-0.1, -0.05) is 11.6 Å². The third-order valence-corrected chi connectivity index (χ3v) is 4.86. The summed E-state index contributed by atoms with van der Waals surface area (Å²) in [5, 5.41) is 9.99. The van der Waals surface area contributed by atoms with Crippen molar-refractivity contribution in [3.8, 4) is 0 Å². The van der Waals surface area contributed by atoms with Crippen LogP contribution in [0.1, 0.15) is 6.92 Å². The van der Waals surface area contributed by atoms with Crippen LogP contribution in [0.25, 0.3) is 0 Å². The van der Waals surface area contributed by atoms with E-state index in [0.717, 1.165) is 12.1 Å². The van der Waals surface area contributed by atoms with E-state index in [-0.39, 0.29) is 11.6 Å². The number of benzene rings is 1. The van der Waals surface area contributed by atoms with Crippen LogP contribution in [0.3, 0.4) is 0 Å². The number of aliphatic hydroxyl groups is 1. The number of hydrogen-bond donors (Lipinski definition) is 2. The molecule has 0 aromatic heterocycles. The Bertz CT molecular complexity index is 549. The molecule has 0 radical (unpaired) electrons. The minimum Gasteiger partial charge on any atom is -0.388 e. The van der Waals surface area contributed by atoms with Crippen LogP contribution in [0.4, 0.5) is 4.39 Å². The van der Waals surface area contributed by atoms with Gasteiger partial charge in [-0.2, -0.15) is 11.8 Å². The van der Waals surface area contributed by atoms with Crippen molar-refractivity contribution in [2.24, 2.45) is 0 Å². The summed E-state index contributed by atoms with van der Waals surface area (Å²) in [6, 6.07) is 3.30. The molecule has 1 aromatic carbocycles. The summed E-state index contributed by atoms with van der Waals surface area (Å²) < 4.78 is 39.5. The number of sulfonamides is 1. The molecule has 8 heteroatoms. The Morgan fingerprint density at radius 1 is 1.53 bits per heavy atom. The van der Waals surface area contributed by atoms with Crippen molar-refractivity contribution >= 4 is 33.4 Å². The molecule has 0 aliphatic heterocycles. The van der Waals surface area contributed by atoms with E-state index in [1.165, 1.54) is 24.8 Å². The second kappa shape index (κ2) is 6.41. The van der Waals surface area contributed by atoms with Crippen LogP contribution >= 0.6 is 23.4 Å². The van der Waals surface area contributed by atoms with Gasteiger partial charge in [-0.15, -0.1) is 0 Å². The maximum atomic E-state index is 13.5. The van der Waals surface area contributed by atoms with Crippen LogP contribution in [0.2, 0.25) is 5.02 Å². The van der Waals surface area contributed by atoms with Crippen molar-refractivity contribution in [3.63, 3.8) is 0 Å². The molecule has 1 rings (SSSR count). The van der Waals surface area contributed by atoms with Gasteiger partial charge in [-0.25, -0.2) is 17.5 Å². The molecular weight excluding hydrogens is 313 g/mol. The third-order valence-electron chi connectivity index (χ3n) is 2.28. The first-order valence-electron chi connectivity index (χ1n) is 5.34. The highest BCUT2D eigenvalue weighted by Gasteiger charge is 2.25. The molecule has 19 heavy (non-hydrogen) atoms. The first-order chi connectivity index (χ1) is 8.68. The van der Waals surface area contributed by atoms with Crippen LogP contribution in [0.5, 0.6) is 0 Å². The van der Waals surface area contributed by atoms with Gasteiger partial charge in [0, 0.05) is 17.3 Å². The minimum absolute atomic E-state index is 0.117. The van der Waals surface area contributed by atoms with E-state index in [1.54, 1.807) is 6.26 Å². The first-order valence-corrected chi connectivity index (χ1v) is 8.59. The topological polar surface area (TPSA) is 66.4 Å². The van der Waals surface area contributed by atoms with Gasteiger partial charge in [-0.3, -0.25) is 0 Å². The fraction of sp³-hybridized carbons (Fsp3) is 0.455. The quantitative estimate of drug-likeness (QED) is 0.837. The molecule has 1 unspecified atom stereocenters. The van der Waals surface area contributed by atoms with Crippen LogP contribution in [0, 0.1) is 5.82 Å². The van der Waals surface area contributed by atoms with Gasteiger partial charge in [0.15, 0.2) is 0 Å². The van der Waals surface area contributed by atoms with Crippen LogP contribution in [-0.2, 0) is 10.0 Å². The fourth-order valence-corrected chi connectivity index (χ4v) is 3.49. The average Bonchev–Trinajstić information content (AvgIpc) is 2.26. The molecule has 108 valence electrons. The van der Waals surface area contributed by atoms with Crippen molar-refractivity contribution < 1.29 is 17.9 Å². The Morgan fingerprint density at radius 3 is 2.68 bits per heavy atom. The standard InChI is InChI=1S/C11H15ClFNO3S2/c1-11(15,7-18-2)6-14-19(16,17)10-4-3-8(12)5-9(10)13/h3-5,14-15H,6-7H2,1-2H3. The van der Waals surface area contributed by atoms with Crippen LogP contribution in [0.15, 0.2) is 23.1 Å². The van der Waals surface area contributed by atoms with E-state index in [4.69, 9.17) is 11.6 Å². The Kier molecular flexibility index (Phi) is 5.64. The Labute approximate surface area is 121 Å². The number of rotatable bonds is 6. The van der Waals surface area contributed by atoms with Crippen molar-refractivity contribution in [1.29, 1.82) is 0 Å². The van der Waals surface area contributed by atoms with Gasteiger partial charge in [0.05, 0.1) is 5.60 Å². The highest BCUT2D eigenvalue weighted by Crippen LogP contribution is 2.19. The summed E-state index contributed by atoms with van der Waals surface area (Å²) in [4.78, 5) is -0.489. The maximum absolute atomic E-state index is 13.5. The van der Waals surface area contributed by atoms with Crippen molar-refractivity contribution in [3.05, 3.63) is 29.0 Å². The molecule has 1 aromatic rings. The average molecular weight is 328 g/mol. The molecule has 4 nitrogen and oxygen atoms in total. The molecule has 1 atom stereocenters. The number of thioether (sulfide) groups is 1. The van der Waals surface area contributed by atoms with Gasteiger partial charge < -0.3 is 5.11 Å². The lowest BCUT2D eigenvalue weighted by Gasteiger charge is -2.22. The second-order valence-corrected chi connectivity index (χ2v) is 7.37. The summed E-state index contributed by atoms with van der Waals surface area (Å²) in [5.41, 5.74) is -1.20. The summed E-state index contributed by atoms with van der Waals surface area (Å²) in [7, 11) is -4.01. The maximum Gasteiger partial charge on any atom is 0.243 e. The molecule has 0 saturated carbocycles. The molecule has 0 heterocycles. The zero-order valence-electron chi connectivity index (χ0n) is 10.5. The molecule has 0 spiro atoms. The molecular formula is C11H15ClFNO3S2. The Balaban J connectivity index is 2.87. The van der Waals surface area contributed by atoms with Crippen LogP contribution in [-0.4, -0.2) is 37.7 Å². The largest absolute Gasteiger partial charge is 0.388 e. The van der Waals surface area contributed by atoms with Gasteiger partial charge in [-0.05, 0) is 31.4 Å². The lowest BCUT2D eigenvalue weighted by molar-refractivity contribution is 0.0908. The summed E-state index contributed by atoms with van der Waals surface area (Å²) in [6.45, 7) is 1.31. The zero-order chi connectivity index (χ0) is 14.7. The number of nitrogens with one attached hydrogen (secondary N) is 1. The molecule has 0 saturated heterocycles. The lowest BCUT2D eigenvalue weighted by Crippen LogP contribution is -2.42. The summed E-state index contributed by atoms with van der Waals surface area (Å²) in [6.07, 6.45) is 1.79. The lowest BCUT2D eigenvalue weighted by atomic mass is 10.1. The first kappa shape index (κ1) is 16.7. The second-order valence-electron chi connectivity index (χ2n) is 4.33. The van der Waals surface area contributed by atoms with Gasteiger partial charge in [0.1, 0.15) is 10.7 Å². The number of hydrogen-bond acceptors (Lipinski definition) is 4. The van der Waals surface area contributed by atoms with E-state index in [0.29, 0.717) is 5.75 Å². The molecule has 0 amide bonds. The normalized spacial score (nSPS) is 15.2. The Morgan fingerprint density at radius 2 is 2.16 bits per heavy atom. The predicted octanol–water partition coefficient (Wildman–Crippen LogP) is 1.87. The minimum atomic E-state index is -4.01. The van der Waals surface area contributed by atoms with E-state index < -0.39 is 26.3 Å². The SMILES string of the molecule is CSCC(C)(O)CNS(=O)(=O)c1ccc(Cl)cc1F. The molecule has 2 N–H and O–H groups in total. The Hall–Kier alpha value is -0.340. The highest BCUT2D eigenvalue weighted by atomic mass is 35.5. The van der Waals surface area contributed by atoms with Crippen LogP contribution < -0.4 is 4.72 Å². The molecule has 0 aliphatic rings. The monoisotopic (exact) mass is 327 g/mol. The van der Waals surface area contributed by atoms with Gasteiger partial charge in [0.25, 0.3) is 0 Å². The van der Waals surface area contributed by atoms with Gasteiger partial charge in [0.2, 0.25) is 10.0 Å². The van der Waals surface area contributed by atoms with E-state index in [2.05, 4.69) is 4.72 Å².